The number of aromatic nitrogens is 1. The first-order chi connectivity index (χ1) is 9.25. The number of thiazole rings is 1. The van der Waals surface area contributed by atoms with Gasteiger partial charge in [0.2, 0.25) is 0 Å². The summed E-state index contributed by atoms with van der Waals surface area (Å²) in [7, 11) is 0. The number of hydrogen-bond acceptors (Lipinski definition) is 5. The van der Waals surface area contributed by atoms with Crippen LogP contribution >= 0.6 is 11.3 Å². The number of hydrogen-bond donors (Lipinski definition) is 2. The quantitative estimate of drug-likeness (QED) is 0.880. The molecule has 0 spiro atoms. The van der Waals surface area contributed by atoms with E-state index in [1.165, 1.54) is 0 Å². The Kier molecular flexibility index (Phi) is 3.05. The van der Waals surface area contributed by atoms with Crippen molar-refractivity contribution in [1.29, 1.82) is 0 Å². The van der Waals surface area contributed by atoms with Gasteiger partial charge in [-0.1, -0.05) is 12.1 Å². The Morgan fingerprint density at radius 1 is 1.32 bits per heavy atom. The van der Waals surface area contributed by atoms with Gasteiger partial charge in [-0.15, -0.1) is 11.3 Å². The van der Waals surface area contributed by atoms with Crippen LogP contribution < -0.4 is 10.6 Å². The average Bonchev–Trinajstić information content (AvgIpc) is 2.85. The maximum absolute atomic E-state index is 11.8. The lowest BCUT2D eigenvalue weighted by Gasteiger charge is -2.18. The summed E-state index contributed by atoms with van der Waals surface area (Å²) in [6.45, 7) is 1.58. The van der Waals surface area contributed by atoms with Crippen molar-refractivity contribution in [1.82, 2.24) is 4.98 Å². The van der Waals surface area contributed by atoms with E-state index in [2.05, 4.69) is 15.6 Å². The lowest BCUT2D eigenvalue weighted by molar-refractivity contribution is -0.113. The molecule has 1 unspecified atom stereocenters. The molecule has 5 heteroatoms. The van der Waals surface area contributed by atoms with Gasteiger partial charge in [-0.2, -0.15) is 0 Å². The molecule has 2 heterocycles. The fourth-order valence-electron chi connectivity index (χ4n) is 2.10. The number of fused-ring (bicyclic) bond motifs is 1. The number of carbonyl (C=O) groups is 1. The molecule has 19 heavy (non-hydrogen) atoms. The minimum absolute atomic E-state index is 0.0474. The first-order valence-corrected chi connectivity index (χ1v) is 6.85. The van der Waals surface area contributed by atoms with Gasteiger partial charge in [-0.25, -0.2) is 0 Å². The normalized spacial score (nSPS) is 17.5. The van der Waals surface area contributed by atoms with E-state index in [-0.39, 0.29) is 11.8 Å². The van der Waals surface area contributed by atoms with E-state index >= 15 is 0 Å². The number of Topliss-reactive ketones (excluding diaryl/α,β-unsaturated/α-hetero) is 1. The lowest BCUT2D eigenvalue weighted by Crippen LogP contribution is -2.16. The summed E-state index contributed by atoms with van der Waals surface area (Å²) in [5, 5.41) is 6.60. The molecular formula is C14H13N3OS. The van der Waals surface area contributed by atoms with Crippen molar-refractivity contribution in [3.05, 3.63) is 52.6 Å². The SMILES string of the molecule is CC(=O)C1=CNc2ccccc2NC1c1cncs1. The third-order valence-corrected chi connectivity index (χ3v) is 3.90. The van der Waals surface area contributed by atoms with Crippen LogP contribution in [0.1, 0.15) is 17.8 Å². The molecule has 1 aromatic heterocycles. The second kappa shape index (κ2) is 4.85. The van der Waals surface area contributed by atoms with Crippen LogP contribution in [-0.4, -0.2) is 10.8 Å². The average molecular weight is 271 g/mol. The van der Waals surface area contributed by atoms with Crippen LogP contribution in [-0.2, 0) is 4.79 Å². The number of para-hydroxylation sites is 2. The van der Waals surface area contributed by atoms with Crippen LogP contribution in [0.2, 0.25) is 0 Å². The monoisotopic (exact) mass is 271 g/mol. The highest BCUT2D eigenvalue weighted by atomic mass is 32.1. The second-order valence-corrected chi connectivity index (χ2v) is 5.24. The van der Waals surface area contributed by atoms with Crippen molar-refractivity contribution in [3.8, 4) is 0 Å². The Bertz CT molecular complexity index is 634. The molecule has 0 fully saturated rings. The summed E-state index contributed by atoms with van der Waals surface area (Å²) in [5.41, 5.74) is 4.43. The zero-order valence-corrected chi connectivity index (χ0v) is 11.2. The summed E-state index contributed by atoms with van der Waals surface area (Å²) >= 11 is 1.54. The van der Waals surface area contributed by atoms with Crippen molar-refractivity contribution < 1.29 is 4.79 Å². The summed E-state index contributed by atoms with van der Waals surface area (Å²) in [5.74, 6) is 0.0474. The molecule has 96 valence electrons. The maximum atomic E-state index is 11.8. The number of carbonyl (C=O) groups excluding carboxylic acids is 1. The first-order valence-electron chi connectivity index (χ1n) is 5.97. The van der Waals surface area contributed by atoms with Gasteiger partial charge >= 0.3 is 0 Å². The number of benzene rings is 1. The maximum Gasteiger partial charge on any atom is 0.159 e. The minimum atomic E-state index is -0.152. The highest BCUT2D eigenvalue weighted by Crippen LogP contribution is 2.35. The molecule has 4 nitrogen and oxygen atoms in total. The number of nitrogens with zero attached hydrogens (tertiary/aromatic N) is 1. The smallest absolute Gasteiger partial charge is 0.159 e. The van der Waals surface area contributed by atoms with Gasteiger partial charge in [-0.3, -0.25) is 9.78 Å². The van der Waals surface area contributed by atoms with Crippen molar-refractivity contribution in [2.45, 2.75) is 13.0 Å². The summed E-state index contributed by atoms with van der Waals surface area (Å²) < 4.78 is 0. The van der Waals surface area contributed by atoms with Gasteiger partial charge < -0.3 is 10.6 Å². The Balaban J connectivity index is 2.07. The van der Waals surface area contributed by atoms with E-state index in [9.17, 15) is 4.79 Å². The highest BCUT2D eigenvalue weighted by molar-refractivity contribution is 7.09. The summed E-state index contributed by atoms with van der Waals surface area (Å²) in [4.78, 5) is 17.0. The largest absolute Gasteiger partial charge is 0.371 e. The van der Waals surface area contributed by atoms with Crippen LogP contribution in [0.25, 0.3) is 0 Å². The molecule has 2 N–H and O–H groups in total. The molecule has 1 atom stereocenters. The minimum Gasteiger partial charge on any atom is -0.371 e. The zero-order chi connectivity index (χ0) is 13.2. The van der Waals surface area contributed by atoms with Crippen molar-refractivity contribution in [2.75, 3.05) is 10.6 Å². The zero-order valence-electron chi connectivity index (χ0n) is 10.4. The highest BCUT2D eigenvalue weighted by Gasteiger charge is 2.24. The van der Waals surface area contributed by atoms with E-state index < -0.39 is 0 Å². The fourth-order valence-corrected chi connectivity index (χ4v) is 2.79. The van der Waals surface area contributed by atoms with Crippen molar-refractivity contribution in [2.24, 2.45) is 0 Å². The summed E-state index contributed by atoms with van der Waals surface area (Å²) in [6.07, 6.45) is 3.58. The Morgan fingerprint density at radius 3 is 2.79 bits per heavy atom. The van der Waals surface area contributed by atoms with E-state index in [1.807, 2.05) is 24.3 Å². The fraction of sp³-hybridized carbons (Fsp3) is 0.143. The number of rotatable bonds is 2. The number of nitrogens with one attached hydrogen (secondary N) is 2. The second-order valence-electron chi connectivity index (χ2n) is 4.33. The molecule has 0 bridgehead atoms. The van der Waals surface area contributed by atoms with Gasteiger partial charge in [0.05, 0.1) is 27.8 Å². The van der Waals surface area contributed by atoms with Gasteiger partial charge in [0.25, 0.3) is 0 Å². The molecule has 0 saturated carbocycles. The van der Waals surface area contributed by atoms with E-state index in [0.29, 0.717) is 5.57 Å². The predicted molar refractivity (Wildman–Crippen MR) is 77.3 cm³/mol. The van der Waals surface area contributed by atoms with Gasteiger partial charge in [0.1, 0.15) is 0 Å². The molecule has 2 aromatic rings. The van der Waals surface area contributed by atoms with Crippen LogP contribution in [0.15, 0.2) is 47.7 Å². The van der Waals surface area contributed by atoms with Gasteiger partial charge in [0.15, 0.2) is 5.78 Å². The first kappa shape index (κ1) is 11.9. The third kappa shape index (κ3) is 2.24. The predicted octanol–water partition coefficient (Wildman–Crippen LogP) is 3.19. The van der Waals surface area contributed by atoms with Gasteiger partial charge in [0, 0.05) is 18.0 Å². The van der Waals surface area contributed by atoms with Crippen LogP contribution in [0.4, 0.5) is 11.4 Å². The number of anilines is 2. The summed E-state index contributed by atoms with van der Waals surface area (Å²) in [6, 6.07) is 7.75. The Hall–Kier alpha value is -2.14. The van der Waals surface area contributed by atoms with Crippen LogP contribution in [0, 0.1) is 0 Å². The van der Waals surface area contributed by atoms with Crippen LogP contribution in [0.3, 0.4) is 0 Å². The molecular weight excluding hydrogens is 258 g/mol. The molecule has 1 aliphatic heterocycles. The van der Waals surface area contributed by atoms with E-state index in [1.54, 1.807) is 36.2 Å². The molecule has 3 rings (SSSR count). The molecule has 0 saturated heterocycles. The lowest BCUT2D eigenvalue weighted by atomic mass is 10.0. The van der Waals surface area contributed by atoms with E-state index in [0.717, 1.165) is 16.3 Å². The van der Waals surface area contributed by atoms with Gasteiger partial charge in [-0.05, 0) is 19.1 Å². The molecule has 1 aromatic carbocycles. The Morgan fingerprint density at radius 2 is 2.11 bits per heavy atom. The standard InChI is InChI=1S/C14H13N3OS/c1-9(18)10-6-16-11-4-2-3-5-12(11)17-14(10)13-7-15-8-19-13/h2-8,14,16-17H,1H3. The molecule has 0 amide bonds. The molecule has 0 aliphatic carbocycles. The molecule has 1 aliphatic rings. The van der Waals surface area contributed by atoms with E-state index in [4.69, 9.17) is 0 Å². The molecule has 0 radical (unpaired) electrons. The topological polar surface area (TPSA) is 54.0 Å². The Labute approximate surface area is 115 Å². The van der Waals surface area contributed by atoms with Crippen molar-refractivity contribution in [3.63, 3.8) is 0 Å². The third-order valence-electron chi connectivity index (χ3n) is 3.06. The number of ketones is 1. The van der Waals surface area contributed by atoms with Crippen molar-refractivity contribution >= 4 is 28.5 Å². The van der Waals surface area contributed by atoms with Crippen LogP contribution in [0.5, 0.6) is 0 Å².